The first-order valence-corrected chi connectivity index (χ1v) is 7.60. The molecule has 1 saturated heterocycles. The normalized spacial score (nSPS) is 17.8. The molecule has 7 nitrogen and oxygen atoms in total. The van der Waals surface area contributed by atoms with Gasteiger partial charge in [-0.2, -0.15) is 0 Å². The number of hydrogen-bond donors (Lipinski definition) is 2. The number of ether oxygens (including phenoxy) is 1. The van der Waals surface area contributed by atoms with Crippen molar-refractivity contribution in [2.75, 3.05) is 25.4 Å². The van der Waals surface area contributed by atoms with Gasteiger partial charge in [-0.15, -0.1) is 4.91 Å². The Balaban J connectivity index is 1.75. The van der Waals surface area contributed by atoms with Gasteiger partial charge in [-0.05, 0) is 18.9 Å². The van der Waals surface area contributed by atoms with E-state index in [0.717, 1.165) is 5.56 Å². The van der Waals surface area contributed by atoms with Crippen molar-refractivity contribution in [2.45, 2.75) is 25.3 Å². The molecule has 22 heavy (non-hydrogen) atoms. The Morgan fingerprint density at radius 1 is 1.45 bits per heavy atom. The monoisotopic (exact) mass is 324 g/mol. The number of piperidine rings is 1. The van der Waals surface area contributed by atoms with Crippen LogP contribution in [-0.4, -0.2) is 36.7 Å². The Labute approximate surface area is 132 Å². The maximum absolute atomic E-state index is 12.5. The van der Waals surface area contributed by atoms with Gasteiger partial charge in [-0.25, -0.2) is 0 Å². The molecule has 1 aromatic carbocycles. The second kappa shape index (κ2) is 6.00. The molecule has 0 radical (unpaired) electrons. The number of nitrogens with zero attached hydrogens (tertiary/aromatic N) is 2. The molecule has 0 spiro atoms. The molecule has 1 fully saturated rings. The summed E-state index contributed by atoms with van der Waals surface area (Å²) < 4.78 is 5.55. The predicted octanol–water partition coefficient (Wildman–Crippen LogP) is 1.73. The van der Waals surface area contributed by atoms with Gasteiger partial charge in [-0.3, -0.25) is 9.80 Å². The summed E-state index contributed by atoms with van der Waals surface area (Å²) in [5, 5.41) is 7.71. The quantitative estimate of drug-likeness (QED) is 0.652. The zero-order valence-corrected chi connectivity index (χ0v) is 12.7. The standard InChI is InChI=1S/C14H17ClN4O3/c15-11-7-10(13-9(12(11)16)3-6-22-13)14(20)17-8-1-4-19(18-21)5-2-8/h7-8H,1-6,16H2,(H,17,20). The van der Waals surface area contributed by atoms with Crippen molar-refractivity contribution >= 4 is 23.2 Å². The number of carbonyl (C=O) groups excluding carboxylic acids is 1. The van der Waals surface area contributed by atoms with Gasteiger partial charge in [0.25, 0.3) is 5.91 Å². The molecule has 1 amide bonds. The molecule has 118 valence electrons. The fourth-order valence-electron chi connectivity index (χ4n) is 2.89. The first-order chi connectivity index (χ1) is 10.6. The Kier molecular flexibility index (Phi) is 4.06. The fourth-order valence-corrected chi connectivity index (χ4v) is 3.11. The molecule has 8 heteroatoms. The summed E-state index contributed by atoms with van der Waals surface area (Å²) in [7, 11) is 0. The molecule has 3 rings (SSSR count). The number of nitroso groups, excluding NO2 is 1. The Morgan fingerprint density at radius 2 is 2.18 bits per heavy atom. The van der Waals surface area contributed by atoms with E-state index >= 15 is 0 Å². The fraction of sp³-hybridized carbons (Fsp3) is 0.500. The number of rotatable bonds is 3. The molecule has 0 saturated carbocycles. The second-order valence-electron chi connectivity index (χ2n) is 5.51. The van der Waals surface area contributed by atoms with Crippen LogP contribution in [0.15, 0.2) is 11.4 Å². The number of nitrogen functional groups attached to an aromatic ring is 1. The molecule has 0 bridgehead atoms. The highest BCUT2D eigenvalue weighted by molar-refractivity contribution is 6.33. The number of nitrogens with two attached hydrogens (primary N) is 1. The minimum atomic E-state index is -0.224. The van der Waals surface area contributed by atoms with Crippen LogP contribution in [0.25, 0.3) is 0 Å². The van der Waals surface area contributed by atoms with Gasteiger partial charge in [0.05, 0.1) is 28.2 Å². The average Bonchev–Trinajstić information content (AvgIpc) is 3.01. The van der Waals surface area contributed by atoms with Crippen molar-refractivity contribution in [1.82, 2.24) is 10.3 Å². The molecule has 2 aliphatic heterocycles. The zero-order chi connectivity index (χ0) is 15.7. The van der Waals surface area contributed by atoms with E-state index in [1.54, 1.807) is 6.07 Å². The first kappa shape index (κ1) is 14.9. The largest absolute Gasteiger partial charge is 0.492 e. The van der Waals surface area contributed by atoms with Crippen LogP contribution in [0.1, 0.15) is 28.8 Å². The number of nitrogens with one attached hydrogen (secondary N) is 1. The third-order valence-corrected chi connectivity index (χ3v) is 4.45. The van der Waals surface area contributed by atoms with Crippen LogP contribution in [0, 0.1) is 4.91 Å². The molecule has 2 heterocycles. The van der Waals surface area contributed by atoms with Crippen molar-refractivity contribution in [3.8, 4) is 5.75 Å². The number of anilines is 1. The number of carbonyl (C=O) groups is 1. The summed E-state index contributed by atoms with van der Waals surface area (Å²) in [4.78, 5) is 23.0. The van der Waals surface area contributed by atoms with Gasteiger partial charge in [-0.1, -0.05) is 11.6 Å². The molecular weight excluding hydrogens is 308 g/mol. The Hall–Kier alpha value is -2.02. The molecule has 0 unspecified atom stereocenters. The van der Waals surface area contributed by atoms with E-state index in [4.69, 9.17) is 22.1 Å². The van der Waals surface area contributed by atoms with E-state index in [1.165, 1.54) is 5.01 Å². The third-order valence-electron chi connectivity index (χ3n) is 4.14. The van der Waals surface area contributed by atoms with Gasteiger partial charge in [0.1, 0.15) is 5.75 Å². The van der Waals surface area contributed by atoms with E-state index in [-0.39, 0.29) is 11.9 Å². The summed E-state index contributed by atoms with van der Waals surface area (Å²) in [6, 6.07) is 1.57. The zero-order valence-electron chi connectivity index (χ0n) is 12.0. The second-order valence-corrected chi connectivity index (χ2v) is 5.92. The molecule has 2 aliphatic rings. The van der Waals surface area contributed by atoms with Crippen LogP contribution in [0.5, 0.6) is 5.75 Å². The summed E-state index contributed by atoms with van der Waals surface area (Å²) in [5.41, 5.74) is 7.63. The maximum Gasteiger partial charge on any atom is 0.255 e. The lowest BCUT2D eigenvalue weighted by atomic mass is 10.0. The summed E-state index contributed by atoms with van der Waals surface area (Å²) in [6.07, 6.45) is 2.03. The summed E-state index contributed by atoms with van der Waals surface area (Å²) in [6.45, 7) is 1.60. The van der Waals surface area contributed by atoms with Gasteiger partial charge >= 0.3 is 0 Å². The number of hydrogen-bond acceptors (Lipinski definition) is 5. The number of benzene rings is 1. The summed E-state index contributed by atoms with van der Waals surface area (Å²) >= 11 is 6.11. The van der Waals surface area contributed by atoms with Crippen molar-refractivity contribution in [1.29, 1.82) is 0 Å². The van der Waals surface area contributed by atoms with E-state index in [2.05, 4.69) is 10.6 Å². The lowest BCUT2D eigenvalue weighted by molar-refractivity contribution is 0.0908. The van der Waals surface area contributed by atoms with Crippen LogP contribution in [0.2, 0.25) is 5.02 Å². The van der Waals surface area contributed by atoms with E-state index in [9.17, 15) is 9.70 Å². The highest BCUT2D eigenvalue weighted by Crippen LogP contribution is 2.38. The molecule has 0 atom stereocenters. The van der Waals surface area contributed by atoms with Gasteiger partial charge in [0.15, 0.2) is 0 Å². The van der Waals surface area contributed by atoms with Crippen LogP contribution in [0.3, 0.4) is 0 Å². The topological polar surface area (TPSA) is 97.0 Å². The van der Waals surface area contributed by atoms with Crippen molar-refractivity contribution in [2.24, 2.45) is 5.29 Å². The smallest absolute Gasteiger partial charge is 0.255 e. The highest BCUT2D eigenvalue weighted by atomic mass is 35.5. The van der Waals surface area contributed by atoms with E-state index < -0.39 is 0 Å². The van der Waals surface area contributed by atoms with Crippen molar-refractivity contribution < 1.29 is 9.53 Å². The minimum absolute atomic E-state index is 0.0129. The lowest BCUT2D eigenvalue weighted by Gasteiger charge is -2.28. The van der Waals surface area contributed by atoms with Crippen LogP contribution < -0.4 is 15.8 Å². The SMILES string of the molecule is Nc1c(Cl)cc(C(=O)NC2CCN(N=O)CC2)c2c1CCO2. The molecule has 0 aromatic heterocycles. The Bertz CT molecular complexity index is 615. The highest BCUT2D eigenvalue weighted by Gasteiger charge is 2.27. The van der Waals surface area contributed by atoms with Gasteiger partial charge in [0, 0.05) is 31.1 Å². The molecular formula is C14H17ClN4O3. The maximum atomic E-state index is 12.5. The third kappa shape index (κ3) is 2.68. The predicted molar refractivity (Wildman–Crippen MR) is 82.9 cm³/mol. The molecule has 0 aliphatic carbocycles. The first-order valence-electron chi connectivity index (χ1n) is 7.23. The summed E-state index contributed by atoms with van der Waals surface area (Å²) in [5.74, 6) is 0.309. The minimum Gasteiger partial charge on any atom is -0.492 e. The average molecular weight is 325 g/mol. The number of fused-ring (bicyclic) bond motifs is 1. The van der Waals surface area contributed by atoms with Crippen LogP contribution >= 0.6 is 11.6 Å². The molecule has 3 N–H and O–H groups in total. The molecule has 1 aromatic rings. The van der Waals surface area contributed by atoms with E-state index in [1.807, 2.05) is 0 Å². The van der Waals surface area contributed by atoms with Gasteiger partial charge in [0.2, 0.25) is 0 Å². The number of halogens is 1. The lowest BCUT2D eigenvalue weighted by Crippen LogP contribution is -2.43. The Morgan fingerprint density at radius 3 is 2.86 bits per heavy atom. The van der Waals surface area contributed by atoms with Crippen molar-refractivity contribution in [3.05, 3.63) is 27.1 Å². The van der Waals surface area contributed by atoms with Crippen LogP contribution in [-0.2, 0) is 6.42 Å². The van der Waals surface area contributed by atoms with E-state index in [0.29, 0.717) is 61.0 Å². The van der Waals surface area contributed by atoms with Gasteiger partial charge < -0.3 is 15.8 Å². The number of amides is 1. The van der Waals surface area contributed by atoms with Crippen molar-refractivity contribution in [3.63, 3.8) is 0 Å². The van der Waals surface area contributed by atoms with Crippen LogP contribution in [0.4, 0.5) is 5.69 Å².